The average molecular weight is 306 g/mol. The summed E-state index contributed by atoms with van der Waals surface area (Å²) in [4.78, 5) is 22.8. The zero-order valence-corrected chi connectivity index (χ0v) is 12.1. The van der Waals surface area contributed by atoms with Gasteiger partial charge in [-0.25, -0.2) is 0 Å². The Hall–Kier alpha value is -1.30. The predicted octanol–water partition coefficient (Wildman–Crippen LogP) is 1.80. The van der Waals surface area contributed by atoms with E-state index in [-0.39, 0.29) is 30.8 Å². The van der Waals surface area contributed by atoms with Crippen molar-refractivity contribution in [1.82, 2.24) is 5.32 Å². The first kappa shape index (κ1) is 17.7. The Bertz CT molecular complexity index is 453. The summed E-state index contributed by atoms with van der Waals surface area (Å²) in [5.41, 5.74) is 6.08. The summed E-state index contributed by atoms with van der Waals surface area (Å²) in [5, 5.41) is 5.58. The molecule has 0 saturated carbocycles. The van der Waals surface area contributed by atoms with Crippen LogP contribution >= 0.6 is 24.0 Å². The van der Waals surface area contributed by atoms with E-state index in [0.717, 1.165) is 6.42 Å². The fourth-order valence-electron chi connectivity index (χ4n) is 1.32. The van der Waals surface area contributed by atoms with Crippen LogP contribution in [0.2, 0.25) is 5.02 Å². The number of nitrogens with one attached hydrogen (secondary N) is 2. The molecule has 0 radical (unpaired) electrons. The van der Waals surface area contributed by atoms with Crippen LogP contribution in [-0.4, -0.2) is 24.9 Å². The molecule has 0 aliphatic heterocycles. The number of hydrogen-bond acceptors (Lipinski definition) is 3. The summed E-state index contributed by atoms with van der Waals surface area (Å²) in [6.07, 6.45) is 0.855. The fraction of sp³-hybridized carbons (Fsp3) is 0.333. The van der Waals surface area contributed by atoms with Gasteiger partial charge < -0.3 is 16.4 Å². The van der Waals surface area contributed by atoms with Gasteiger partial charge in [-0.15, -0.1) is 12.4 Å². The van der Waals surface area contributed by atoms with E-state index in [9.17, 15) is 9.59 Å². The van der Waals surface area contributed by atoms with Crippen LogP contribution in [0.15, 0.2) is 18.2 Å². The molecule has 0 unspecified atom stereocenters. The van der Waals surface area contributed by atoms with Gasteiger partial charge in [-0.1, -0.05) is 18.5 Å². The van der Waals surface area contributed by atoms with Crippen LogP contribution in [0.4, 0.5) is 5.69 Å². The average Bonchev–Trinajstić information content (AvgIpc) is 2.36. The Morgan fingerprint density at radius 1 is 1.37 bits per heavy atom. The second kappa shape index (κ2) is 8.74. The van der Waals surface area contributed by atoms with Crippen LogP contribution in [0, 0.1) is 0 Å². The van der Waals surface area contributed by atoms with E-state index < -0.39 is 0 Å². The molecule has 0 fully saturated rings. The van der Waals surface area contributed by atoms with E-state index in [4.69, 9.17) is 17.3 Å². The van der Waals surface area contributed by atoms with Crippen molar-refractivity contribution in [3.05, 3.63) is 28.8 Å². The molecule has 0 heterocycles. The maximum Gasteiger partial charge on any atom is 0.252 e. The van der Waals surface area contributed by atoms with Crippen molar-refractivity contribution < 1.29 is 9.59 Å². The highest BCUT2D eigenvalue weighted by Gasteiger charge is 2.10. The number of amides is 2. The predicted molar refractivity (Wildman–Crippen MR) is 79.0 cm³/mol. The standard InChI is InChI=1S/C12H16ClN3O2.ClH/c1-2-5-15-12(18)9-4-3-8(6-10(9)13)16-11(17)7-14;/h3-4,6H,2,5,7,14H2,1H3,(H,15,18)(H,16,17);1H. The fourth-order valence-corrected chi connectivity index (χ4v) is 1.59. The van der Waals surface area contributed by atoms with Gasteiger partial charge in [0.1, 0.15) is 0 Å². The first-order valence-electron chi connectivity index (χ1n) is 5.66. The zero-order chi connectivity index (χ0) is 13.5. The molecule has 0 aliphatic rings. The number of carbonyl (C=O) groups excluding carboxylic acids is 2. The number of anilines is 1. The van der Waals surface area contributed by atoms with Crippen LogP contribution in [0.25, 0.3) is 0 Å². The number of benzene rings is 1. The first-order valence-corrected chi connectivity index (χ1v) is 6.04. The smallest absolute Gasteiger partial charge is 0.252 e. The first-order chi connectivity index (χ1) is 8.58. The maximum atomic E-state index is 11.7. The lowest BCUT2D eigenvalue weighted by Crippen LogP contribution is -2.24. The summed E-state index contributed by atoms with van der Waals surface area (Å²) >= 11 is 5.99. The third kappa shape index (κ3) is 5.46. The Balaban J connectivity index is 0.00000324. The van der Waals surface area contributed by atoms with Gasteiger partial charge >= 0.3 is 0 Å². The van der Waals surface area contributed by atoms with Crippen molar-refractivity contribution >= 4 is 41.5 Å². The van der Waals surface area contributed by atoms with Crippen molar-refractivity contribution in [2.45, 2.75) is 13.3 Å². The molecule has 0 bridgehead atoms. The van der Waals surface area contributed by atoms with E-state index in [1.165, 1.54) is 6.07 Å². The van der Waals surface area contributed by atoms with Crippen molar-refractivity contribution in [1.29, 1.82) is 0 Å². The minimum Gasteiger partial charge on any atom is -0.352 e. The highest BCUT2D eigenvalue weighted by molar-refractivity contribution is 6.34. The number of rotatable bonds is 5. The molecule has 5 nitrogen and oxygen atoms in total. The molecule has 0 aliphatic carbocycles. The highest BCUT2D eigenvalue weighted by Crippen LogP contribution is 2.20. The molecule has 1 rings (SSSR count). The SMILES string of the molecule is CCCNC(=O)c1ccc(NC(=O)CN)cc1Cl.Cl. The van der Waals surface area contributed by atoms with Crippen molar-refractivity contribution in [2.75, 3.05) is 18.4 Å². The summed E-state index contributed by atoms with van der Waals surface area (Å²) in [7, 11) is 0. The van der Waals surface area contributed by atoms with Gasteiger partial charge in [0.05, 0.1) is 17.1 Å². The molecule has 1 aromatic rings. The van der Waals surface area contributed by atoms with Gasteiger partial charge in [-0.05, 0) is 24.6 Å². The molecule has 0 spiro atoms. The zero-order valence-electron chi connectivity index (χ0n) is 10.5. The van der Waals surface area contributed by atoms with Gasteiger partial charge in [-0.3, -0.25) is 9.59 Å². The Morgan fingerprint density at radius 2 is 2.05 bits per heavy atom. The van der Waals surface area contributed by atoms with E-state index >= 15 is 0 Å². The van der Waals surface area contributed by atoms with Crippen molar-refractivity contribution in [3.63, 3.8) is 0 Å². The van der Waals surface area contributed by atoms with Crippen LogP contribution in [0.5, 0.6) is 0 Å². The third-order valence-corrected chi connectivity index (χ3v) is 2.53. The van der Waals surface area contributed by atoms with E-state index in [1.54, 1.807) is 12.1 Å². The number of halogens is 2. The van der Waals surface area contributed by atoms with Crippen LogP contribution < -0.4 is 16.4 Å². The van der Waals surface area contributed by atoms with Crippen LogP contribution in [0.3, 0.4) is 0 Å². The molecular weight excluding hydrogens is 289 g/mol. The molecule has 19 heavy (non-hydrogen) atoms. The molecular formula is C12H17Cl2N3O2. The minimum atomic E-state index is -0.311. The van der Waals surface area contributed by atoms with Crippen LogP contribution in [-0.2, 0) is 4.79 Å². The summed E-state index contributed by atoms with van der Waals surface area (Å²) < 4.78 is 0. The Morgan fingerprint density at radius 3 is 2.58 bits per heavy atom. The van der Waals surface area contributed by atoms with Gasteiger partial charge in [0, 0.05) is 12.2 Å². The molecule has 0 atom stereocenters. The summed E-state index contributed by atoms with van der Waals surface area (Å²) in [5.74, 6) is -0.534. The third-order valence-electron chi connectivity index (χ3n) is 2.22. The van der Waals surface area contributed by atoms with Crippen molar-refractivity contribution in [2.24, 2.45) is 5.73 Å². The lowest BCUT2D eigenvalue weighted by molar-refractivity contribution is -0.114. The number of nitrogens with two attached hydrogens (primary N) is 1. The molecule has 7 heteroatoms. The monoisotopic (exact) mass is 305 g/mol. The maximum absolute atomic E-state index is 11.7. The van der Waals surface area contributed by atoms with Crippen LogP contribution in [0.1, 0.15) is 23.7 Å². The topological polar surface area (TPSA) is 84.2 Å². The van der Waals surface area contributed by atoms with E-state index in [1.807, 2.05) is 6.92 Å². The second-order valence-corrected chi connectivity index (χ2v) is 4.11. The van der Waals surface area contributed by atoms with E-state index in [0.29, 0.717) is 22.8 Å². The summed E-state index contributed by atoms with van der Waals surface area (Å²) in [6.45, 7) is 2.46. The number of carbonyl (C=O) groups is 2. The summed E-state index contributed by atoms with van der Waals surface area (Å²) in [6, 6.07) is 4.70. The van der Waals surface area contributed by atoms with Gasteiger partial charge in [-0.2, -0.15) is 0 Å². The quantitative estimate of drug-likeness (QED) is 0.775. The normalized spacial score (nSPS) is 9.42. The van der Waals surface area contributed by atoms with Gasteiger partial charge in [0.2, 0.25) is 5.91 Å². The largest absolute Gasteiger partial charge is 0.352 e. The van der Waals surface area contributed by atoms with Gasteiger partial charge in [0.25, 0.3) is 5.91 Å². The molecule has 1 aromatic carbocycles. The second-order valence-electron chi connectivity index (χ2n) is 3.70. The van der Waals surface area contributed by atoms with Gasteiger partial charge in [0.15, 0.2) is 0 Å². The molecule has 2 amide bonds. The Kier molecular flexibility index (Phi) is 8.14. The molecule has 0 saturated heterocycles. The lowest BCUT2D eigenvalue weighted by atomic mass is 10.2. The highest BCUT2D eigenvalue weighted by atomic mass is 35.5. The van der Waals surface area contributed by atoms with E-state index in [2.05, 4.69) is 10.6 Å². The Labute approximate surface area is 123 Å². The lowest BCUT2D eigenvalue weighted by Gasteiger charge is -2.08. The van der Waals surface area contributed by atoms with Crippen molar-refractivity contribution in [3.8, 4) is 0 Å². The minimum absolute atomic E-state index is 0. The molecule has 0 aromatic heterocycles. The number of hydrogen-bond donors (Lipinski definition) is 3. The molecule has 106 valence electrons. The molecule has 4 N–H and O–H groups in total.